The summed E-state index contributed by atoms with van der Waals surface area (Å²) in [5.74, 6) is -0.0874. The number of aromatic nitrogens is 1. The van der Waals surface area contributed by atoms with Crippen molar-refractivity contribution in [3.8, 4) is 5.75 Å². The van der Waals surface area contributed by atoms with Crippen LogP contribution in [0.25, 0.3) is 0 Å². The molecule has 0 bridgehead atoms. The average molecular weight is 350 g/mol. The lowest BCUT2D eigenvalue weighted by molar-refractivity contribution is -0.274. The van der Waals surface area contributed by atoms with E-state index in [2.05, 4.69) is 9.89 Å². The molecule has 0 aliphatic carbocycles. The largest absolute Gasteiger partial charge is 0.573 e. The predicted molar refractivity (Wildman–Crippen MR) is 73.0 cm³/mol. The lowest BCUT2D eigenvalue weighted by atomic mass is 10.3. The van der Waals surface area contributed by atoms with E-state index in [1.54, 1.807) is 13.0 Å². The molecule has 1 heterocycles. The Hall–Kier alpha value is -2.07. The van der Waals surface area contributed by atoms with Gasteiger partial charge in [0.15, 0.2) is 0 Å². The van der Waals surface area contributed by atoms with E-state index in [9.17, 15) is 21.6 Å². The number of hydrogen-bond donors (Lipinski definition) is 0. The molecule has 1 aromatic carbocycles. The molecule has 0 radical (unpaired) electrons. The monoisotopic (exact) mass is 350 g/mol. The number of benzene rings is 1. The van der Waals surface area contributed by atoms with Crippen molar-refractivity contribution in [3.63, 3.8) is 0 Å². The summed E-state index contributed by atoms with van der Waals surface area (Å²) in [6, 6.07) is 5.75. The molecule has 2 aromatic rings. The highest BCUT2D eigenvalue weighted by Gasteiger charge is 2.32. The third kappa shape index (κ3) is 4.45. The van der Waals surface area contributed by atoms with Gasteiger partial charge in [-0.25, -0.2) is 8.42 Å². The minimum atomic E-state index is -4.90. The summed E-state index contributed by atoms with van der Waals surface area (Å²) in [6.07, 6.45) is -4.90. The van der Waals surface area contributed by atoms with Gasteiger partial charge in [0.05, 0.1) is 17.1 Å². The molecule has 0 amide bonds. The van der Waals surface area contributed by atoms with Crippen LogP contribution in [-0.4, -0.2) is 31.3 Å². The highest BCUT2D eigenvalue weighted by atomic mass is 32.2. The molecule has 0 aliphatic heterocycles. The van der Waals surface area contributed by atoms with E-state index >= 15 is 0 Å². The number of nitrogens with zero attached hydrogens (tertiary/aromatic N) is 2. The summed E-state index contributed by atoms with van der Waals surface area (Å²) in [7, 11) is -2.71. The van der Waals surface area contributed by atoms with Gasteiger partial charge in [0, 0.05) is 19.2 Å². The number of alkyl halides is 3. The second-order valence-electron chi connectivity index (χ2n) is 4.71. The summed E-state index contributed by atoms with van der Waals surface area (Å²) in [4.78, 5) is -0.318. The van der Waals surface area contributed by atoms with Crippen molar-refractivity contribution < 1.29 is 30.8 Å². The van der Waals surface area contributed by atoms with E-state index in [4.69, 9.17) is 4.52 Å². The Kier molecular flexibility index (Phi) is 4.66. The van der Waals surface area contributed by atoms with Crippen LogP contribution in [0.4, 0.5) is 13.2 Å². The van der Waals surface area contributed by atoms with Gasteiger partial charge in [-0.05, 0) is 19.1 Å². The van der Waals surface area contributed by atoms with Crippen LogP contribution in [0.3, 0.4) is 0 Å². The van der Waals surface area contributed by atoms with Gasteiger partial charge in [-0.2, -0.15) is 4.31 Å². The third-order valence-corrected chi connectivity index (χ3v) is 4.61. The van der Waals surface area contributed by atoms with Crippen molar-refractivity contribution in [2.75, 3.05) is 7.05 Å². The summed E-state index contributed by atoms with van der Waals surface area (Å²) < 4.78 is 71.0. The molecular weight excluding hydrogens is 337 g/mol. The van der Waals surface area contributed by atoms with E-state index in [-0.39, 0.29) is 11.4 Å². The molecule has 126 valence electrons. The fraction of sp³-hybridized carbons (Fsp3) is 0.308. The lowest BCUT2D eigenvalue weighted by Crippen LogP contribution is -2.26. The maximum Gasteiger partial charge on any atom is 0.573 e. The second-order valence-corrected chi connectivity index (χ2v) is 6.76. The van der Waals surface area contributed by atoms with Crippen molar-refractivity contribution in [2.45, 2.75) is 24.7 Å². The Morgan fingerprint density at radius 2 is 2.00 bits per heavy atom. The number of aryl methyl sites for hydroxylation is 1. The van der Waals surface area contributed by atoms with Crippen molar-refractivity contribution in [1.29, 1.82) is 0 Å². The van der Waals surface area contributed by atoms with Gasteiger partial charge in [-0.1, -0.05) is 11.2 Å². The topological polar surface area (TPSA) is 72.6 Å². The minimum absolute atomic E-state index is 0.0793. The molecule has 6 nitrogen and oxygen atoms in total. The van der Waals surface area contributed by atoms with E-state index in [1.807, 2.05) is 0 Å². The van der Waals surface area contributed by atoms with E-state index < -0.39 is 22.1 Å². The molecule has 0 N–H and O–H groups in total. The Balaban J connectivity index is 2.23. The van der Waals surface area contributed by atoms with Crippen LogP contribution in [-0.2, 0) is 16.6 Å². The number of rotatable bonds is 5. The van der Waals surface area contributed by atoms with Crippen LogP contribution in [0.15, 0.2) is 39.8 Å². The standard InChI is InChI=1S/C13H13F3N2O4S/c1-9-6-10(17-22-9)8-18(2)23(19,20)12-5-3-4-11(7-12)21-13(14,15)16/h3-7H,8H2,1-2H3. The van der Waals surface area contributed by atoms with E-state index in [0.29, 0.717) is 11.5 Å². The zero-order valence-electron chi connectivity index (χ0n) is 12.2. The minimum Gasteiger partial charge on any atom is -0.406 e. The van der Waals surface area contributed by atoms with Crippen molar-refractivity contribution in [1.82, 2.24) is 9.46 Å². The van der Waals surface area contributed by atoms with Gasteiger partial charge in [-0.15, -0.1) is 13.2 Å². The molecule has 0 saturated heterocycles. The molecule has 2 rings (SSSR count). The van der Waals surface area contributed by atoms with Crippen LogP contribution >= 0.6 is 0 Å². The number of hydrogen-bond acceptors (Lipinski definition) is 5. The van der Waals surface area contributed by atoms with Crippen molar-refractivity contribution in [2.24, 2.45) is 0 Å². The van der Waals surface area contributed by atoms with Crippen LogP contribution in [0.5, 0.6) is 5.75 Å². The lowest BCUT2D eigenvalue weighted by Gasteiger charge is -2.16. The predicted octanol–water partition coefficient (Wildman–Crippen LogP) is 2.70. The fourth-order valence-corrected chi connectivity index (χ4v) is 3.00. The molecule has 1 aromatic heterocycles. The van der Waals surface area contributed by atoms with Gasteiger partial charge in [-0.3, -0.25) is 0 Å². The van der Waals surface area contributed by atoms with Gasteiger partial charge < -0.3 is 9.26 Å². The summed E-state index contributed by atoms with van der Waals surface area (Å²) >= 11 is 0. The van der Waals surface area contributed by atoms with E-state index in [1.165, 1.54) is 19.2 Å². The fourth-order valence-electron chi connectivity index (χ4n) is 1.82. The number of halogens is 3. The third-order valence-electron chi connectivity index (χ3n) is 2.81. The zero-order valence-corrected chi connectivity index (χ0v) is 13.0. The highest BCUT2D eigenvalue weighted by molar-refractivity contribution is 7.89. The Bertz CT molecular complexity index is 787. The maximum atomic E-state index is 12.4. The van der Waals surface area contributed by atoms with Crippen LogP contribution in [0, 0.1) is 6.92 Å². The summed E-state index contributed by atoms with van der Waals surface area (Å²) in [6.45, 7) is 1.58. The first-order chi connectivity index (χ1) is 10.6. The SMILES string of the molecule is Cc1cc(CN(C)S(=O)(=O)c2cccc(OC(F)(F)F)c2)no1. The number of sulfonamides is 1. The van der Waals surface area contributed by atoms with Gasteiger partial charge >= 0.3 is 6.36 Å². The Morgan fingerprint density at radius 3 is 2.57 bits per heavy atom. The van der Waals surface area contributed by atoms with Crippen molar-refractivity contribution in [3.05, 3.63) is 41.8 Å². The molecule has 0 aliphatic rings. The number of ether oxygens (including phenoxy) is 1. The molecule has 0 saturated carbocycles. The second kappa shape index (κ2) is 6.20. The maximum absolute atomic E-state index is 12.4. The zero-order chi connectivity index (χ0) is 17.3. The molecule has 0 atom stereocenters. The van der Waals surface area contributed by atoms with Crippen LogP contribution in [0.2, 0.25) is 0 Å². The average Bonchev–Trinajstić information content (AvgIpc) is 2.82. The first-order valence-electron chi connectivity index (χ1n) is 6.32. The first-order valence-corrected chi connectivity index (χ1v) is 7.76. The normalized spacial score (nSPS) is 12.6. The van der Waals surface area contributed by atoms with Gasteiger partial charge in [0.2, 0.25) is 10.0 Å². The van der Waals surface area contributed by atoms with Gasteiger partial charge in [0.1, 0.15) is 11.5 Å². The van der Waals surface area contributed by atoms with Crippen LogP contribution in [0.1, 0.15) is 11.5 Å². The van der Waals surface area contributed by atoms with Gasteiger partial charge in [0.25, 0.3) is 0 Å². The van der Waals surface area contributed by atoms with E-state index in [0.717, 1.165) is 16.4 Å². The summed E-state index contributed by atoms with van der Waals surface area (Å²) in [5, 5.41) is 3.67. The molecule has 0 unspecified atom stereocenters. The molecule has 10 heteroatoms. The first kappa shape index (κ1) is 17.3. The molecule has 0 spiro atoms. The van der Waals surface area contributed by atoms with Crippen LogP contribution < -0.4 is 4.74 Å². The Labute approximate surface area is 130 Å². The smallest absolute Gasteiger partial charge is 0.406 e. The Morgan fingerprint density at radius 1 is 1.30 bits per heavy atom. The highest BCUT2D eigenvalue weighted by Crippen LogP contribution is 2.26. The molecule has 0 fully saturated rings. The summed E-state index contributed by atoms with van der Waals surface area (Å²) in [5.41, 5.74) is 0.385. The molecular formula is C13H13F3N2O4S. The quantitative estimate of drug-likeness (QED) is 0.829. The molecule has 23 heavy (non-hydrogen) atoms. The van der Waals surface area contributed by atoms with Crippen molar-refractivity contribution >= 4 is 10.0 Å².